The molecule has 21 heavy (non-hydrogen) atoms. The second-order valence-corrected chi connectivity index (χ2v) is 5.17. The third-order valence-corrected chi connectivity index (χ3v) is 3.42. The molecule has 11 heteroatoms. The van der Waals surface area contributed by atoms with Crippen molar-refractivity contribution in [3.05, 3.63) is 0 Å². The first-order valence-corrected chi connectivity index (χ1v) is 5.48. The average molecular weight is 338 g/mol. The van der Waals surface area contributed by atoms with Gasteiger partial charge in [0.15, 0.2) is 0 Å². The largest absolute Gasteiger partial charge is 0.376 e. The smallest absolute Gasteiger partial charge is 0.223 e. The van der Waals surface area contributed by atoms with Gasteiger partial charge in [-0.15, -0.1) is 0 Å². The van der Waals surface area contributed by atoms with Crippen molar-refractivity contribution in [2.45, 2.75) is 55.5 Å². The summed E-state index contributed by atoms with van der Waals surface area (Å²) < 4.78 is 146. The summed E-state index contributed by atoms with van der Waals surface area (Å²) in [6, 6.07) is 0. The normalized spacial score (nSPS) is 34.0. The van der Waals surface area contributed by atoms with Crippen molar-refractivity contribution < 1.29 is 48.3 Å². The van der Waals surface area contributed by atoms with Crippen LogP contribution in [0.4, 0.5) is 48.3 Å². The number of hydrogen-bond acceptors (Lipinski definition) is 0. The zero-order valence-corrected chi connectivity index (χ0v) is 10.4. The topological polar surface area (TPSA) is 0 Å². The van der Waals surface area contributed by atoms with Crippen molar-refractivity contribution in [2.24, 2.45) is 5.92 Å². The summed E-state index contributed by atoms with van der Waals surface area (Å²) in [6.07, 6.45) is -3.46. The number of hydrogen-bond donors (Lipinski definition) is 0. The van der Waals surface area contributed by atoms with Crippen molar-refractivity contribution in [3.8, 4) is 0 Å². The van der Waals surface area contributed by atoms with E-state index in [1.807, 2.05) is 0 Å². The third-order valence-electron chi connectivity index (χ3n) is 3.42. The van der Waals surface area contributed by atoms with Gasteiger partial charge in [0.1, 0.15) is 0 Å². The molecule has 0 spiro atoms. The van der Waals surface area contributed by atoms with Crippen LogP contribution in [-0.2, 0) is 0 Å². The summed E-state index contributed by atoms with van der Waals surface area (Å²) in [6.45, 7) is 0.636. The summed E-state index contributed by atoms with van der Waals surface area (Å²) in [5, 5.41) is 0. The second kappa shape index (κ2) is 4.15. The summed E-state index contributed by atoms with van der Waals surface area (Å²) in [7, 11) is 0. The number of rotatable bonds is 2. The molecule has 1 atom stereocenters. The fourth-order valence-electron chi connectivity index (χ4n) is 2.04. The van der Waals surface area contributed by atoms with Crippen LogP contribution in [0.5, 0.6) is 0 Å². The first-order chi connectivity index (χ1) is 8.90. The highest BCUT2D eigenvalue weighted by Gasteiger charge is 2.96. The molecule has 0 aromatic heterocycles. The van der Waals surface area contributed by atoms with Crippen LogP contribution in [0.1, 0.15) is 20.3 Å². The molecule has 0 heterocycles. The Bertz CT molecular complexity index is 425. The van der Waals surface area contributed by atoms with Crippen LogP contribution in [0.2, 0.25) is 0 Å². The van der Waals surface area contributed by atoms with Gasteiger partial charge in [0.25, 0.3) is 11.8 Å². The van der Waals surface area contributed by atoms with Crippen LogP contribution in [0, 0.1) is 5.92 Å². The van der Waals surface area contributed by atoms with Crippen LogP contribution in [0.15, 0.2) is 0 Å². The van der Waals surface area contributed by atoms with Crippen molar-refractivity contribution in [1.82, 2.24) is 0 Å². The predicted octanol–water partition coefficient (Wildman–Crippen LogP) is 4.93. The van der Waals surface area contributed by atoms with Gasteiger partial charge in [0.05, 0.1) is 6.42 Å². The molecule has 0 nitrogen and oxygen atoms in total. The van der Waals surface area contributed by atoms with E-state index in [1.54, 1.807) is 0 Å². The molecule has 1 unspecified atom stereocenters. The fourth-order valence-corrected chi connectivity index (χ4v) is 2.04. The molecule has 1 saturated carbocycles. The summed E-state index contributed by atoms with van der Waals surface area (Å²) in [4.78, 5) is 0. The van der Waals surface area contributed by atoms with Crippen LogP contribution < -0.4 is 0 Å². The highest BCUT2D eigenvalue weighted by molar-refractivity contribution is 5.24. The van der Waals surface area contributed by atoms with Gasteiger partial charge >= 0.3 is 23.4 Å². The van der Waals surface area contributed by atoms with Gasteiger partial charge in [-0.1, -0.05) is 13.8 Å². The standard InChI is InChI=1S/C10H9F11/c1-4(2)7(15,16)8(17)5(11,12)3-6(13,14)9(18,19)10(8,20)21/h4H,3H2,1-2H3. The van der Waals surface area contributed by atoms with E-state index < -0.39 is 47.6 Å². The van der Waals surface area contributed by atoms with Gasteiger partial charge in [-0.25, -0.2) is 22.0 Å². The van der Waals surface area contributed by atoms with E-state index in [-0.39, 0.29) is 0 Å². The predicted molar refractivity (Wildman–Crippen MR) is 48.0 cm³/mol. The van der Waals surface area contributed by atoms with Crippen molar-refractivity contribution in [2.75, 3.05) is 0 Å². The lowest BCUT2D eigenvalue weighted by Gasteiger charge is -2.52. The van der Waals surface area contributed by atoms with Gasteiger partial charge in [-0.3, -0.25) is 0 Å². The van der Waals surface area contributed by atoms with Gasteiger partial charge in [0.2, 0.25) is 0 Å². The van der Waals surface area contributed by atoms with E-state index in [4.69, 9.17) is 0 Å². The Kier molecular flexibility index (Phi) is 3.61. The number of halogens is 11. The zero-order chi connectivity index (χ0) is 17.3. The minimum absolute atomic E-state index is 0.318. The van der Waals surface area contributed by atoms with Crippen molar-refractivity contribution in [3.63, 3.8) is 0 Å². The van der Waals surface area contributed by atoms with E-state index in [0.717, 1.165) is 0 Å². The second-order valence-electron chi connectivity index (χ2n) is 5.17. The Morgan fingerprint density at radius 1 is 0.714 bits per heavy atom. The molecule has 1 aliphatic carbocycles. The van der Waals surface area contributed by atoms with Gasteiger partial charge in [-0.2, -0.15) is 26.3 Å². The third kappa shape index (κ3) is 1.81. The molecular formula is C10H9F11. The zero-order valence-electron chi connectivity index (χ0n) is 10.4. The lowest BCUT2D eigenvalue weighted by molar-refractivity contribution is -0.449. The summed E-state index contributed by atoms with van der Waals surface area (Å²) in [5.74, 6) is -34.1. The van der Waals surface area contributed by atoms with Gasteiger partial charge in [0, 0.05) is 5.92 Å². The number of alkyl halides is 11. The highest BCUT2D eigenvalue weighted by atomic mass is 19.4. The van der Waals surface area contributed by atoms with E-state index in [9.17, 15) is 48.3 Å². The van der Waals surface area contributed by atoms with E-state index >= 15 is 0 Å². The SMILES string of the molecule is CC(C)C(F)(F)C1(F)C(F)(F)CC(F)(F)C(F)(F)C1(F)F. The molecule has 0 aliphatic heterocycles. The molecule has 0 saturated heterocycles. The molecule has 1 rings (SSSR count). The van der Waals surface area contributed by atoms with Crippen LogP contribution in [0.3, 0.4) is 0 Å². The van der Waals surface area contributed by atoms with Crippen molar-refractivity contribution >= 4 is 0 Å². The van der Waals surface area contributed by atoms with E-state index in [1.165, 1.54) is 0 Å². The van der Waals surface area contributed by atoms with Gasteiger partial charge < -0.3 is 0 Å². The Hall–Kier alpha value is -0.770. The van der Waals surface area contributed by atoms with E-state index in [2.05, 4.69) is 0 Å². The maximum absolute atomic E-state index is 13.9. The molecule has 0 bridgehead atoms. The lowest BCUT2D eigenvalue weighted by atomic mass is 9.69. The summed E-state index contributed by atoms with van der Waals surface area (Å²) >= 11 is 0. The molecule has 126 valence electrons. The molecule has 0 radical (unpaired) electrons. The maximum Gasteiger partial charge on any atom is 0.376 e. The van der Waals surface area contributed by atoms with E-state index in [0.29, 0.717) is 13.8 Å². The maximum atomic E-state index is 13.9. The molecule has 0 amide bonds. The molecule has 0 aromatic rings. The summed E-state index contributed by atoms with van der Waals surface area (Å²) in [5.41, 5.74) is -6.45. The minimum atomic E-state index is -6.99. The van der Waals surface area contributed by atoms with Crippen LogP contribution in [-0.4, -0.2) is 35.3 Å². The highest BCUT2D eigenvalue weighted by Crippen LogP contribution is 2.68. The molecular weight excluding hydrogens is 329 g/mol. The lowest BCUT2D eigenvalue weighted by Crippen LogP contribution is -2.80. The first-order valence-electron chi connectivity index (χ1n) is 5.48. The molecule has 0 aromatic carbocycles. The molecule has 1 aliphatic rings. The quantitative estimate of drug-likeness (QED) is 0.626. The van der Waals surface area contributed by atoms with Gasteiger partial charge in [-0.05, 0) is 0 Å². The van der Waals surface area contributed by atoms with Crippen LogP contribution >= 0.6 is 0 Å². The Balaban J connectivity index is 3.72. The minimum Gasteiger partial charge on any atom is -0.223 e. The Labute approximate surface area is 111 Å². The monoisotopic (exact) mass is 338 g/mol. The average Bonchev–Trinajstić information content (AvgIpc) is 2.23. The Morgan fingerprint density at radius 3 is 1.43 bits per heavy atom. The fraction of sp³-hybridized carbons (Fsp3) is 1.00. The molecule has 0 N–H and O–H groups in total. The molecule has 1 fully saturated rings. The Morgan fingerprint density at radius 2 is 1.10 bits per heavy atom. The first kappa shape index (κ1) is 18.3. The van der Waals surface area contributed by atoms with Crippen molar-refractivity contribution in [1.29, 1.82) is 0 Å². The van der Waals surface area contributed by atoms with Crippen LogP contribution in [0.25, 0.3) is 0 Å².